The molecule has 0 spiro atoms. The van der Waals surface area contributed by atoms with Gasteiger partial charge in [0.1, 0.15) is 18.5 Å². The molecule has 6 nitrogen and oxygen atoms in total. The minimum Gasteiger partial charge on any atom is -0.491 e. The standard InChI is InChI=1S/C21H34N2O4/c1-14(2)20(23-11-16(4)27-17(5)12-23)21(25)22-10-18(24)13-26-19-8-6-7-15(3)9-19/h6-9,14,16-18,20,24H,10-13H2,1-5H3,(H,22,25). The van der Waals surface area contributed by atoms with Crippen LogP contribution in [0.25, 0.3) is 0 Å². The first-order chi connectivity index (χ1) is 12.8. The molecule has 1 aliphatic rings. The first-order valence-corrected chi connectivity index (χ1v) is 9.81. The summed E-state index contributed by atoms with van der Waals surface area (Å²) in [4.78, 5) is 15.0. The molecule has 152 valence electrons. The number of benzene rings is 1. The number of aryl methyl sites for hydroxylation is 1. The van der Waals surface area contributed by atoms with Crippen molar-refractivity contribution in [1.29, 1.82) is 0 Å². The lowest BCUT2D eigenvalue weighted by Gasteiger charge is -2.41. The number of nitrogens with zero attached hydrogens (tertiary/aromatic N) is 1. The number of aliphatic hydroxyl groups excluding tert-OH is 1. The van der Waals surface area contributed by atoms with Crippen LogP contribution in [0.5, 0.6) is 5.75 Å². The van der Waals surface area contributed by atoms with E-state index in [0.29, 0.717) is 0 Å². The van der Waals surface area contributed by atoms with Crippen LogP contribution in [-0.2, 0) is 9.53 Å². The molecular weight excluding hydrogens is 344 g/mol. The molecule has 1 aromatic rings. The van der Waals surface area contributed by atoms with Crippen molar-refractivity contribution < 1.29 is 19.4 Å². The van der Waals surface area contributed by atoms with Crippen molar-refractivity contribution in [3.63, 3.8) is 0 Å². The van der Waals surface area contributed by atoms with Crippen LogP contribution in [0.15, 0.2) is 24.3 Å². The van der Waals surface area contributed by atoms with Crippen molar-refractivity contribution in [2.45, 2.75) is 59.0 Å². The number of ether oxygens (including phenoxy) is 2. The molecule has 27 heavy (non-hydrogen) atoms. The predicted octanol–water partition coefficient (Wildman–Crippen LogP) is 1.98. The van der Waals surface area contributed by atoms with Gasteiger partial charge in [0.05, 0.1) is 18.2 Å². The van der Waals surface area contributed by atoms with Crippen molar-refractivity contribution >= 4 is 5.91 Å². The second-order valence-electron chi connectivity index (χ2n) is 7.93. The van der Waals surface area contributed by atoms with Gasteiger partial charge in [-0.05, 0) is 44.4 Å². The molecule has 4 atom stereocenters. The SMILES string of the molecule is Cc1cccc(OCC(O)CNC(=O)C(C(C)C)N2CC(C)OC(C)C2)c1. The number of carbonyl (C=O) groups excluding carboxylic acids is 1. The van der Waals surface area contributed by atoms with E-state index in [-0.39, 0.29) is 43.2 Å². The lowest BCUT2D eigenvalue weighted by Crippen LogP contribution is -2.57. The molecule has 2 rings (SSSR count). The first kappa shape index (κ1) is 21.7. The molecule has 4 unspecified atom stereocenters. The van der Waals surface area contributed by atoms with E-state index in [9.17, 15) is 9.90 Å². The van der Waals surface area contributed by atoms with Gasteiger partial charge in [-0.25, -0.2) is 0 Å². The zero-order valence-electron chi connectivity index (χ0n) is 17.1. The zero-order valence-corrected chi connectivity index (χ0v) is 17.1. The minimum atomic E-state index is -0.759. The van der Waals surface area contributed by atoms with E-state index in [0.717, 1.165) is 24.4 Å². The summed E-state index contributed by atoms with van der Waals surface area (Å²) < 4.78 is 11.4. The number of morpholine rings is 1. The maximum absolute atomic E-state index is 12.8. The Morgan fingerprint density at radius 2 is 2.00 bits per heavy atom. The highest BCUT2D eigenvalue weighted by atomic mass is 16.5. The van der Waals surface area contributed by atoms with E-state index in [4.69, 9.17) is 9.47 Å². The Morgan fingerprint density at radius 3 is 2.59 bits per heavy atom. The Balaban J connectivity index is 1.84. The molecule has 1 heterocycles. The van der Waals surface area contributed by atoms with Crippen LogP contribution in [0.3, 0.4) is 0 Å². The quantitative estimate of drug-likeness (QED) is 0.724. The molecule has 0 aliphatic carbocycles. The third-order valence-corrected chi connectivity index (χ3v) is 4.69. The maximum atomic E-state index is 12.8. The lowest BCUT2D eigenvalue weighted by atomic mass is 9.99. The molecule has 2 N–H and O–H groups in total. The molecule has 6 heteroatoms. The number of amides is 1. The van der Waals surface area contributed by atoms with Gasteiger partial charge in [-0.15, -0.1) is 0 Å². The van der Waals surface area contributed by atoms with Gasteiger partial charge in [0.2, 0.25) is 5.91 Å². The van der Waals surface area contributed by atoms with E-state index >= 15 is 0 Å². The number of aliphatic hydroxyl groups is 1. The topological polar surface area (TPSA) is 71.0 Å². The van der Waals surface area contributed by atoms with Gasteiger partial charge in [0.15, 0.2) is 0 Å². The van der Waals surface area contributed by atoms with E-state index in [1.165, 1.54) is 0 Å². The van der Waals surface area contributed by atoms with E-state index in [2.05, 4.69) is 10.2 Å². The van der Waals surface area contributed by atoms with E-state index in [1.807, 2.05) is 58.9 Å². The molecule has 1 aromatic carbocycles. The predicted molar refractivity (Wildman–Crippen MR) is 106 cm³/mol. The highest BCUT2D eigenvalue weighted by molar-refractivity contribution is 5.82. The number of hydrogen-bond acceptors (Lipinski definition) is 5. The third kappa shape index (κ3) is 6.79. The summed E-state index contributed by atoms with van der Waals surface area (Å²) in [5, 5.41) is 13.1. The molecule has 0 bridgehead atoms. The molecule has 1 saturated heterocycles. The van der Waals surface area contributed by atoms with Gasteiger partial charge >= 0.3 is 0 Å². The Bertz CT molecular complexity index is 598. The largest absolute Gasteiger partial charge is 0.491 e. The van der Waals surface area contributed by atoms with Gasteiger partial charge in [0, 0.05) is 19.6 Å². The molecule has 1 aliphatic heterocycles. The van der Waals surface area contributed by atoms with Gasteiger partial charge in [-0.2, -0.15) is 0 Å². The van der Waals surface area contributed by atoms with Gasteiger partial charge in [0.25, 0.3) is 0 Å². The number of rotatable bonds is 8. The summed E-state index contributed by atoms with van der Waals surface area (Å²) in [6.45, 7) is 11.9. The van der Waals surface area contributed by atoms with Crippen molar-refractivity contribution in [3.8, 4) is 5.75 Å². The van der Waals surface area contributed by atoms with Crippen LogP contribution in [0, 0.1) is 12.8 Å². The fourth-order valence-corrected chi connectivity index (χ4v) is 3.61. The third-order valence-electron chi connectivity index (χ3n) is 4.69. The summed E-state index contributed by atoms with van der Waals surface area (Å²) in [5.41, 5.74) is 1.10. The summed E-state index contributed by atoms with van der Waals surface area (Å²) >= 11 is 0. The Hall–Kier alpha value is -1.63. The summed E-state index contributed by atoms with van der Waals surface area (Å²) in [6.07, 6.45) is -0.544. The van der Waals surface area contributed by atoms with Crippen molar-refractivity contribution in [2.24, 2.45) is 5.92 Å². The van der Waals surface area contributed by atoms with Crippen LogP contribution in [0.1, 0.15) is 33.3 Å². The fourth-order valence-electron chi connectivity index (χ4n) is 3.61. The average Bonchev–Trinajstić information content (AvgIpc) is 2.57. The second-order valence-corrected chi connectivity index (χ2v) is 7.93. The van der Waals surface area contributed by atoms with E-state index < -0.39 is 6.10 Å². The smallest absolute Gasteiger partial charge is 0.237 e. The molecule has 0 aromatic heterocycles. The first-order valence-electron chi connectivity index (χ1n) is 9.81. The van der Waals surface area contributed by atoms with Crippen LogP contribution in [0.4, 0.5) is 0 Å². The highest BCUT2D eigenvalue weighted by Crippen LogP contribution is 2.19. The number of nitrogens with one attached hydrogen (secondary N) is 1. The molecule has 0 saturated carbocycles. The van der Waals surface area contributed by atoms with Crippen molar-refractivity contribution in [1.82, 2.24) is 10.2 Å². The molecule has 1 amide bonds. The average molecular weight is 379 g/mol. The maximum Gasteiger partial charge on any atom is 0.237 e. The fraction of sp³-hybridized carbons (Fsp3) is 0.667. The van der Waals surface area contributed by atoms with Crippen LogP contribution >= 0.6 is 0 Å². The molecular formula is C21H34N2O4. The van der Waals surface area contributed by atoms with Gasteiger partial charge < -0.3 is 19.9 Å². The van der Waals surface area contributed by atoms with Crippen LogP contribution in [-0.4, -0.2) is 66.5 Å². The Labute approximate surface area is 162 Å². The number of hydrogen-bond donors (Lipinski definition) is 2. The number of carbonyl (C=O) groups is 1. The Kier molecular flexibility index (Phi) is 8.07. The second kappa shape index (κ2) is 10.1. The minimum absolute atomic E-state index is 0.0547. The summed E-state index contributed by atoms with van der Waals surface area (Å²) in [7, 11) is 0. The Morgan fingerprint density at radius 1 is 1.33 bits per heavy atom. The lowest BCUT2D eigenvalue weighted by molar-refractivity contribution is -0.135. The van der Waals surface area contributed by atoms with Crippen molar-refractivity contribution in [2.75, 3.05) is 26.2 Å². The normalized spacial score (nSPS) is 23.1. The van der Waals surface area contributed by atoms with E-state index in [1.54, 1.807) is 0 Å². The van der Waals surface area contributed by atoms with Gasteiger partial charge in [-0.1, -0.05) is 26.0 Å². The summed E-state index contributed by atoms with van der Waals surface area (Å²) in [6, 6.07) is 7.44. The molecule has 1 fully saturated rings. The monoisotopic (exact) mass is 378 g/mol. The molecule has 0 radical (unpaired) electrons. The van der Waals surface area contributed by atoms with Crippen LogP contribution in [0.2, 0.25) is 0 Å². The summed E-state index contributed by atoms with van der Waals surface area (Å²) in [5.74, 6) is 0.834. The zero-order chi connectivity index (χ0) is 20.0. The van der Waals surface area contributed by atoms with Crippen molar-refractivity contribution in [3.05, 3.63) is 29.8 Å². The van der Waals surface area contributed by atoms with Gasteiger partial charge in [-0.3, -0.25) is 9.69 Å². The highest BCUT2D eigenvalue weighted by Gasteiger charge is 2.34. The van der Waals surface area contributed by atoms with Crippen LogP contribution < -0.4 is 10.1 Å².